The maximum Gasteiger partial charge on any atom is 0.257 e. The lowest BCUT2D eigenvalue weighted by atomic mass is 10.1. The number of halogens is 1. The molecule has 2 aromatic heterocycles. The first-order chi connectivity index (χ1) is 12.5. The molecule has 0 atom stereocenters. The molecule has 0 unspecified atom stereocenters. The first-order valence-corrected chi connectivity index (χ1v) is 8.57. The number of carbonyl (C=O) groups is 1. The summed E-state index contributed by atoms with van der Waals surface area (Å²) in [7, 11) is 0. The molecule has 0 saturated carbocycles. The van der Waals surface area contributed by atoms with Crippen molar-refractivity contribution in [2.75, 3.05) is 10.6 Å². The molecule has 0 spiro atoms. The standard InChI is InChI=1S/C20H19ClN4O/c1-13-9-14(2)19(17(21)10-13)25-20(26)16-3-4-18(24-12-16)23-11-15-5-7-22-8-6-15/h3-10,12H,11H2,1-2H3,(H,23,24)(H,25,26). The molecule has 3 aromatic rings. The van der Waals surface area contributed by atoms with Crippen molar-refractivity contribution in [1.82, 2.24) is 9.97 Å². The van der Waals surface area contributed by atoms with Crippen molar-refractivity contribution in [3.05, 3.63) is 82.3 Å². The molecular formula is C20H19ClN4O. The normalized spacial score (nSPS) is 10.4. The van der Waals surface area contributed by atoms with Gasteiger partial charge < -0.3 is 10.6 Å². The molecule has 26 heavy (non-hydrogen) atoms. The second kappa shape index (κ2) is 7.97. The average Bonchev–Trinajstić information content (AvgIpc) is 2.64. The number of aryl methyl sites for hydroxylation is 2. The van der Waals surface area contributed by atoms with E-state index in [9.17, 15) is 4.79 Å². The highest BCUT2D eigenvalue weighted by atomic mass is 35.5. The number of nitrogens with zero attached hydrogens (tertiary/aromatic N) is 2. The summed E-state index contributed by atoms with van der Waals surface area (Å²) in [5.74, 6) is 0.454. The van der Waals surface area contributed by atoms with Gasteiger partial charge in [0.2, 0.25) is 0 Å². The molecule has 1 aromatic carbocycles. The average molecular weight is 367 g/mol. The van der Waals surface area contributed by atoms with Crippen LogP contribution >= 0.6 is 11.6 Å². The molecule has 5 nitrogen and oxygen atoms in total. The Morgan fingerprint density at radius 3 is 2.54 bits per heavy atom. The molecule has 0 fully saturated rings. The number of benzene rings is 1. The van der Waals surface area contributed by atoms with E-state index in [4.69, 9.17) is 11.6 Å². The van der Waals surface area contributed by atoms with Gasteiger partial charge in [0.1, 0.15) is 5.82 Å². The van der Waals surface area contributed by atoms with Crippen LogP contribution in [0.4, 0.5) is 11.5 Å². The lowest BCUT2D eigenvalue weighted by Gasteiger charge is -2.12. The maximum atomic E-state index is 12.5. The lowest BCUT2D eigenvalue weighted by Crippen LogP contribution is -2.14. The smallest absolute Gasteiger partial charge is 0.257 e. The summed E-state index contributed by atoms with van der Waals surface area (Å²) in [5, 5.41) is 6.60. The monoisotopic (exact) mass is 366 g/mol. The Balaban J connectivity index is 1.66. The SMILES string of the molecule is Cc1cc(C)c(NC(=O)c2ccc(NCc3ccncc3)nc2)c(Cl)c1. The summed E-state index contributed by atoms with van der Waals surface area (Å²) in [6, 6.07) is 11.2. The van der Waals surface area contributed by atoms with Crippen molar-refractivity contribution in [3.8, 4) is 0 Å². The number of hydrogen-bond donors (Lipinski definition) is 2. The molecule has 2 N–H and O–H groups in total. The van der Waals surface area contributed by atoms with E-state index in [1.54, 1.807) is 30.7 Å². The Bertz CT molecular complexity index is 888. The molecule has 0 bridgehead atoms. The molecule has 1 amide bonds. The van der Waals surface area contributed by atoms with E-state index in [0.29, 0.717) is 28.6 Å². The van der Waals surface area contributed by atoms with E-state index >= 15 is 0 Å². The van der Waals surface area contributed by atoms with Crippen LogP contribution in [-0.4, -0.2) is 15.9 Å². The van der Waals surface area contributed by atoms with Crippen LogP contribution in [-0.2, 0) is 6.54 Å². The Morgan fingerprint density at radius 2 is 1.88 bits per heavy atom. The fraction of sp³-hybridized carbons (Fsp3) is 0.150. The second-order valence-corrected chi connectivity index (χ2v) is 6.44. The molecule has 132 valence electrons. The Hall–Kier alpha value is -2.92. The minimum Gasteiger partial charge on any atom is -0.366 e. The summed E-state index contributed by atoms with van der Waals surface area (Å²) in [5.41, 5.74) is 4.18. The third-order valence-electron chi connectivity index (χ3n) is 3.92. The summed E-state index contributed by atoms with van der Waals surface area (Å²) in [6.07, 6.45) is 5.04. The van der Waals surface area contributed by atoms with Crippen LogP contribution in [0.25, 0.3) is 0 Å². The van der Waals surface area contributed by atoms with E-state index in [1.807, 2.05) is 38.1 Å². The summed E-state index contributed by atoms with van der Waals surface area (Å²) < 4.78 is 0. The molecule has 0 saturated heterocycles. The van der Waals surface area contributed by atoms with Gasteiger partial charge in [-0.1, -0.05) is 17.7 Å². The highest BCUT2D eigenvalue weighted by molar-refractivity contribution is 6.34. The van der Waals surface area contributed by atoms with Crippen molar-refractivity contribution >= 4 is 29.0 Å². The summed E-state index contributed by atoms with van der Waals surface area (Å²) in [6.45, 7) is 4.52. The lowest BCUT2D eigenvalue weighted by molar-refractivity contribution is 0.102. The Morgan fingerprint density at radius 1 is 1.12 bits per heavy atom. The zero-order valence-electron chi connectivity index (χ0n) is 14.6. The van der Waals surface area contributed by atoms with Crippen LogP contribution in [0, 0.1) is 13.8 Å². The van der Waals surface area contributed by atoms with Crippen LogP contribution in [0.1, 0.15) is 27.0 Å². The highest BCUT2D eigenvalue weighted by Crippen LogP contribution is 2.27. The number of aromatic nitrogens is 2. The van der Waals surface area contributed by atoms with Gasteiger partial charge in [0.25, 0.3) is 5.91 Å². The van der Waals surface area contributed by atoms with Gasteiger partial charge >= 0.3 is 0 Å². The van der Waals surface area contributed by atoms with Crippen molar-refractivity contribution in [2.24, 2.45) is 0 Å². The number of carbonyl (C=O) groups excluding carboxylic acids is 1. The minimum absolute atomic E-state index is 0.243. The first kappa shape index (κ1) is 17.9. The number of nitrogens with one attached hydrogen (secondary N) is 2. The fourth-order valence-corrected chi connectivity index (χ4v) is 2.95. The van der Waals surface area contributed by atoms with Crippen molar-refractivity contribution < 1.29 is 4.79 Å². The Kier molecular flexibility index (Phi) is 5.49. The predicted octanol–water partition coefficient (Wildman–Crippen LogP) is 4.61. The van der Waals surface area contributed by atoms with E-state index in [0.717, 1.165) is 16.7 Å². The molecule has 2 heterocycles. The number of pyridine rings is 2. The van der Waals surface area contributed by atoms with Gasteiger partial charge in [-0.15, -0.1) is 0 Å². The van der Waals surface area contributed by atoms with Crippen LogP contribution < -0.4 is 10.6 Å². The van der Waals surface area contributed by atoms with Crippen LogP contribution in [0.15, 0.2) is 55.0 Å². The van der Waals surface area contributed by atoms with E-state index in [-0.39, 0.29) is 5.91 Å². The third kappa shape index (κ3) is 4.37. The predicted molar refractivity (Wildman–Crippen MR) is 105 cm³/mol. The van der Waals surface area contributed by atoms with Crippen molar-refractivity contribution in [1.29, 1.82) is 0 Å². The molecule has 0 radical (unpaired) electrons. The van der Waals surface area contributed by atoms with Gasteiger partial charge in [-0.3, -0.25) is 9.78 Å². The fourth-order valence-electron chi connectivity index (χ4n) is 2.59. The zero-order chi connectivity index (χ0) is 18.5. The van der Waals surface area contributed by atoms with Crippen LogP contribution in [0.3, 0.4) is 0 Å². The van der Waals surface area contributed by atoms with Crippen molar-refractivity contribution in [2.45, 2.75) is 20.4 Å². The van der Waals surface area contributed by atoms with Crippen LogP contribution in [0.5, 0.6) is 0 Å². The molecule has 0 aliphatic heterocycles. The maximum absolute atomic E-state index is 12.5. The van der Waals surface area contributed by atoms with Crippen molar-refractivity contribution in [3.63, 3.8) is 0 Å². The van der Waals surface area contributed by atoms with E-state index in [2.05, 4.69) is 20.6 Å². The summed E-state index contributed by atoms with van der Waals surface area (Å²) in [4.78, 5) is 20.7. The van der Waals surface area contributed by atoms with Gasteiger partial charge in [0, 0.05) is 25.1 Å². The molecule has 0 aliphatic rings. The van der Waals surface area contributed by atoms with Gasteiger partial charge in [0.15, 0.2) is 0 Å². The minimum atomic E-state index is -0.243. The molecule has 3 rings (SSSR count). The number of anilines is 2. The second-order valence-electron chi connectivity index (χ2n) is 6.03. The first-order valence-electron chi connectivity index (χ1n) is 8.20. The van der Waals surface area contributed by atoms with Gasteiger partial charge in [0.05, 0.1) is 16.3 Å². The Labute approximate surface area is 157 Å². The largest absolute Gasteiger partial charge is 0.366 e. The topological polar surface area (TPSA) is 66.9 Å². The van der Waals surface area contributed by atoms with Gasteiger partial charge in [-0.25, -0.2) is 4.98 Å². The zero-order valence-corrected chi connectivity index (χ0v) is 15.3. The number of hydrogen-bond acceptors (Lipinski definition) is 4. The van der Waals surface area contributed by atoms with Gasteiger partial charge in [-0.2, -0.15) is 0 Å². The van der Waals surface area contributed by atoms with E-state index < -0.39 is 0 Å². The number of amides is 1. The van der Waals surface area contributed by atoms with Gasteiger partial charge in [-0.05, 0) is 60.9 Å². The molecular weight excluding hydrogens is 348 g/mol. The summed E-state index contributed by atoms with van der Waals surface area (Å²) >= 11 is 6.25. The number of rotatable bonds is 5. The third-order valence-corrected chi connectivity index (χ3v) is 4.22. The molecule has 0 aliphatic carbocycles. The highest BCUT2D eigenvalue weighted by Gasteiger charge is 2.12. The molecule has 6 heteroatoms. The van der Waals surface area contributed by atoms with Crippen LogP contribution in [0.2, 0.25) is 5.02 Å². The van der Waals surface area contributed by atoms with E-state index in [1.165, 1.54) is 0 Å². The quantitative estimate of drug-likeness (QED) is 0.691.